The summed E-state index contributed by atoms with van der Waals surface area (Å²) in [5.41, 5.74) is 3.00. The molecule has 0 bridgehead atoms. The molecule has 0 aliphatic carbocycles. The van der Waals surface area contributed by atoms with Crippen molar-refractivity contribution in [3.05, 3.63) is 53.5 Å². The smallest absolute Gasteiger partial charge is 0.318 e. The molecule has 2 heterocycles. The molecule has 25 heavy (non-hydrogen) atoms. The molecule has 1 aromatic carbocycles. The number of nitrogens with one attached hydrogen (secondary N) is 2. The molecule has 1 aliphatic rings. The second-order valence-corrected chi connectivity index (χ2v) is 6.23. The highest BCUT2D eigenvalue weighted by Crippen LogP contribution is 2.26. The number of furan rings is 1. The summed E-state index contributed by atoms with van der Waals surface area (Å²) in [6, 6.07) is 9.33. The van der Waals surface area contributed by atoms with Gasteiger partial charge < -0.3 is 20.0 Å². The van der Waals surface area contributed by atoms with E-state index in [4.69, 9.17) is 4.42 Å². The summed E-state index contributed by atoms with van der Waals surface area (Å²) in [5, 5.41) is 5.91. The van der Waals surface area contributed by atoms with Crippen LogP contribution < -0.4 is 10.6 Å². The molecule has 1 aliphatic heterocycles. The van der Waals surface area contributed by atoms with Crippen LogP contribution in [0.1, 0.15) is 43.2 Å². The molecule has 0 fully saturated rings. The van der Waals surface area contributed by atoms with Gasteiger partial charge in [0.15, 0.2) is 0 Å². The zero-order valence-corrected chi connectivity index (χ0v) is 14.5. The Morgan fingerprint density at radius 1 is 1.36 bits per heavy atom. The first-order chi connectivity index (χ1) is 12.1. The summed E-state index contributed by atoms with van der Waals surface area (Å²) in [6.07, 6.45) is 2.84. The monoisotopic (exact) mass is 341 g/mol. The van der Waals surface area contributed by atoms with E-state index in [1.54, 1.807) is 11.2 Å². The lowest BCUT2D eigenvalue weighted by molar-refractivity contribution is -0.116. The number of carbonyl (C=O) groups excluding carboxylic acids is 2. The number of hydrogen-bond donors (Lipinski definition) is 2. The van der Waals surface area contributed by atoms with Gasteiger partial charge in [-0.25, -0.2) is 4.79 Å². The number of hydrogen-bond acceptors (Lipinski definition) is 3. The van der Waals surface area contributed by atoms with Crippen LogP contribution in [0.3, 0.4) is 0 Å². The maximum atomic E-state index is 12.5. The number of amides is 3. The summed E-state index contributed by atoms with van der Waals surface area (Å²) in [5.74, 6) is 0.812. The highest BCUT2D eigenvalue weighted by Gasteiger charge is 2.19. The molecular weight excluding hydrogens is 318 g/mol. The SMILES string of the molecule is CCN(Cc1ccco1)C(=O)NC(C)c1ccc2c(c1)CCC(=O)N2. The molecule has 132 valence electrons. The highest BCUT2D eigenvalue weighted by molar-refractivity contribution is 5.93. The zero-order valence-electron chi connectivity index (χ0n) is 14.5. The Balaban J connectivity index is 1.65. The third kappa shape index (κ3) is 4.02. The first-order valence-electron chi connectivity index (χ1n) is 8.57. The third-order valence-electron chi connectivity index (χ3n) is 4.46. The van der Waals surface area contributed by atoms with E-state index in [-0.39, 0.29) is 18.0 Å². The molecule has 0 radical (unpaired) electrons. The minimum absolute atomic E-state index is 0.0538. The lowest BCUT2D eigenvalue weighted by Crippen LogP contribution is -2.40. The van der Waals surface area contributed by atoms with Gasteiger partial charge >= 0.3 is 6.03 Å². The third-order valence-corrected chi connectivity index (χ3v) is 4.46. The van der Waals surface area contributed by atoms with Gasteiger partial charge in [-0.1, -0.05) is 12.1 Å². The van der Waals surface area contributed by atoms with Crippen molar-refractivity contribution in [2.75, 3.05) is 11.9 Å². The number of aryl methyl sites for hydroxylation is 1. The standard InChI is InChI=1S/C19H23N3O3/c1-3-22(12-16-5-4-10-25-16)19(24)20-13(2)14-6-8-17-15(11-14)7-9-18(23)21-17/h4-6,8,10-11,13H,3,7,9,12H2,1-2H3,(H,20,24)(H,21,23). The van der Waals surface area contributed by atoms with Crippen molar-refractivity contribution < 1.29 is 14.0 Å². The van der Waals surface area contributed by atoms with Gasteiger partial charge in [0.1, 0.15) is 5.76 Å². The van der Waals surface area contributed by atoms with Crippen molar-refractivity contribution in [1.29, 1.82) is 0 Å². The summed E-state index contributed by atoms with van der Waals surface area (Å²) in [4.78, 5) is 25.7. The normalized spacial score (nSPS) is 14.4. The fourth-order valence-corrected chi connectivity index (χ4v) is 2.95. The first-order valence-corrected chi connectivity index (χ1v) is 8.57. The van der Waals surface area contributed by atoms with Gasteiger partial charge in [-0.2, -0.15) is 0 Å². The van der Waals surface area contributed by atoms with Crippen molar-refractivity contribution in [2.45, 2.75) is 39.3 Å². The van der Waals surface area contributed by atoms with Gasteiger partial charge in [-0.15, -0.1) is 0 Å². The molecular formula is C19H23N3O3. The summed E-state index contributed by atoms with van der Waals surface area (Å²) < 4.78 is 5.32. The molecule has 0 saturated heterocycles. The average molecular weight is 341 g/mol. The Kier molecular flexibility index (Phi) is 5.07. The van der Waals surface area contributed by atoms with Gasteiger partial charge in [0, 0.05) is 18.7 Å². The van der Waals surface area contributed by atoms with E-state index in [0.29, 0.717) is 19.5 Å². The maximum absolute atomic E-state index is 12.5. The van der Waals surface area contributed by atoms with E-state index >= 15 is 0 Å². The Morgan fingerprint density at radius 3 is 2.92 bits per heavy atom. The van der Waals surface area contributed by atoms with Crippen LogP contribution in [0.4, 0.5) is 10.5 Å². The molecule has 6 nitrogen and oxygen atoms in total. The number of fused-ring (bicyclic) bond motifs is 1. The van der Waals surface area contributed by atoms with E-state index < -0.39 is 0 Å². The number of carbonyl (C=O) groups is 2. The second kappa shape index (κ2) is 7.42. The van der Waals surface area contributed by atoms with Crippen molar-refractivity contribution in [3.8, 4) is 0 Å². The molecule has 0 saturated carbocycles. The largest absolute Gasteiger partial charge is 0.467 e. The summed E-state index contributed by atoms with van der Waals surface area (Å²) >= 11 is 0. The molecule has 2 N–H and O–H groups in total. The quantitative estimate of drug-likeness (QED) is 0.874. The molecule has 0 spiro atoms. The number of nitrogens with zero attached hydrogens (tertiary/aromatic N) is 1. The van der Waals surface area contributed by atoms with E-state index in [9.17, 15) is 9.59 Å². The second-order valence-electron chi connectivity index (χ2n) is 6.23. The maximum Gasteiger partial charge on any atom is 0.318 e. The van der Waals surface area contributed by atoms with Crippen molar-refractivity contribution in [2.24, 2.45) is 0 Å². The molecule has 1 unspecified atom stereocenters. The first kappa shape index (κ1) is 17.1. The van der Waals surface area contributed by atoms with Crippen molar-refractivity contribution >= 4 is 17.6 Å². The lowest BCUT2D eigenvalue weighted by Gasteiger charge is -2.24. The van der Waals surface area contributed by atoms with Crippen LogP contribution in [0.5, 0.6) is 0 Å². The summed E-state index contributed by atoms with van der Waals surface area (Å²) in [6.45, 7) is 4.93. The van der Waals surface area contributed by atoms with Crippen LogP contribution in [0.15, 0.2) is 41.0 Å². The van der Waals surface area contributed by atoms with Gasteiger partial charge in [0.25, 0.3) is 0 Å². The van der Waals surface area contributed by atoms with Crippen molar-refractivity contribution in [1.82, 2.24) is 10.2 Å². The molecule has 2 aromatic rings. The Labute approximate surface area is 147 Å². The predicted molar refractivity (Wildman–Crippen MR) is 95.1 cm³/mol. The van der Waals surface area contributed by atoms with Crippen LogP contribution >= 0.6 is 0 Å². The lowest BCUT2D eigenvalue weighted by atomic mass is 9.98. The number of rotatable bonds is 5. The number of benzene rings is 1. The average Bonchev–Trinajstić information content (AvgIpc) is 3.12. The fraction of sp³-hybridized carbons (Fsp3) is 0.368. The Bertz CT molecular complexity index is 755. The van der Waals surface area contributed by atoms with Crippen LogP contribution in [-0.4, -0.2) is 23.4 Å². The number of urea groups is 1. The van der Waals surface area contributed by atoms with Gasteiger partial charge in [-0.3, -0.25) is 4.79 Å². The molecule has 1 atom stereocenters. The minimum atomic E-state index is -0.127. The van der Waals surface area contributed by atoms with E-state index in [2.05, 4.69) is 16.7 Å². The zero-order chi connectivity index (χ0) is 17.8. The van der Waals surface area contributed by atoms with Crippen LogP contribution in [0.25, 0.3) is 0 Å². The fourth-order valence-electron chi connectivity index (χ4n) is 2.95. The predicted octanol–water partition coefficient (Wildman–Crippen LogP) is 3.46. The van der Waals surface area contributed by atoms with Crippen LogP contribution in [0, 0.1) is 0 Å². The van der Waals surface area contributed by atoms with Crippen molar-refractivity contribution in [3.63, 3.8) is 0 Å². The molecule has 1 aromatic heterocycles. The van der Waals surface area contributed by atoms with E-state index in [0.717, 1.165) is 29.0 Å². The van der Waals surface area contributed by atoms with E-state index in [1.807, 2.05) is 38.1 Å². The molecule has 6 heteroatoms. The number of anilines is 1. The highest BCUT2D eigenvalue weighted by atomic mass is 16.3. The Morgan fingerprint density at radius 2 is 2.20 bits per heavy atom. The summed E-state index contributed by atoms with van der Waals surface area (Å²) in [7, 11) is 0. The van der Waals surface area contributed by atoms with E-state index in [1.165, 1.54) is 0 Å². The minimum Gasteiger partial charge on any atom is -0.467 e. The van der Waals surface area contributed by atoms with Crippen LogP contribution in [0.2, 0.25) is 0 Å². The molecule has 3 rings (SSSR count). The van der Waals surface area contributed by atoms with Gasteiger partial charge in [-0.05, 0) is 49.6 Å². The van der Waals surface area contributed by atoms with Gasteiger partial charge in [0.05, 0.1) is 18.8 Å². The van der Waals surface area contributed by atoms with Crippen LogP contribution in [-0.2, 0) is 17.8 Å². The topological polar surface area (TPSA) is 74.6 Å². The Hall–Kier alpha value is -2.76. The molecule has 3 amide bonds. The van der Waals surface area contributed by atoms with Gasteiger partial charge in [0.2, 0.25) is 5.91 Å².